The van der Waals surface area contributed by atoms with Crippen LogP contribution >= 0.6 is 0 Å². The molecule has 4 N–H and O–H groups in total. The van der Waals surface area contributed by atoms with E-state index >= 15 is 0 Å². The molecule has 1 aromatic heterocycles. The number of hydrogen-bond acceptors (Lipinski definition) is 5. The maximum Gasteiger partial charge on any atom is 0.124 e. The van der Waals surface area contributed by atoms with Crippen LogP contribution in [0.4, 0.5) is 5.82 Å². The summed E-state index contributed by atoms with van der Waals surface area (Å²) in [6.07, 6.45) is 3.37. The molecule has 2 bridgehead atoms. The van der Waals surface area contributed by atoms with Gasteiger partial charge in [-0.05, 0) is 43.5 Å². The molecule has 0 radical (unpaired) electrons. The van der Waals surface area contributed by atoms with Gasteiger partial charge < -0.3 is 21.1 Å². The lowest BCUT2D eigenvalue weighted by Gasteiger charge is -2.40. The van der Waals surface area contributed by atoms with Gasteiger partial charge in [0.05, 0.1) is 18.9 Å². The minimum atomic E-state index is 0.523. The van der Waals surface area contributed by atoms with E-state index in [0.717, 1.165) is 50.3 Å². The monoisotopic (exact) mass is 338 g/mol. The predicted octanol–water partition coefficient (Wildman–Crippen LogP) is 1.98. The van der Waals surface area contributed by atoms with Crippen molar-refractivity contribution < 1.29 is 4.74 Å². The molecular formula is C20H26N4O. The highest BCUT2D eigenvalue weighted by Crippen LogP contribution is 2.20. The van der Waals surface area contributed by atoms with Crippen molar-refractivity contribution >= 4 is 5.82 Å². The first-order valence-corrected chi connectivity index (χ1v) is 9.15. The summed E-state index contributed by atoms with van der Waals surface area (Å²) < 4.78 is 5.61. The Labute approximate surface area is 149 Å². The molecule has 132 valence electrons. The number of anilines is 1. The van der Waals surface area contributed by atoms with E-state index in [-0.39, 0.29) is 0 Å². The van der Waals surface area contributed by atoms with Crippen molar-refractivity contribution in [3.05, 3.63) is 48.0 Å². The number of nitrogens with zero attached hydrogens (tertiary/aromatic N) is 1. The molecule has 0 saturated carbocycles. The lowest BCUT2D eigenvalue weighted by molar-refractivity contribution is 0.0148. The van der Waals surface area contributed by atoms with Crippen LogP contribution in [0.5, 0.6) is 0 Å². The Hall–Kier alpha value is -1.95. The molecule has 2 aliphatic rings. The van der Waals surface area contributed by atoms with E-state index in [1.165, 1.54) is 5.56 Å². The van der Waals surface area contributed by atoms with Crippen LogP contribution in [-0.2, 0) is 11.2 Å². The van der Waals surface area contributed by atoms with Gasteiger partial charge in [-0.15, -0.1) is 0 Å². The number of aromatic nitrogens is 1. The number of benzene rings is 1. The molecule has 5 nitrogen and oxygen atoms in total. The van der Waals surface area contributed by atoms with Crippen molar-refractivity contribution in [1.82, 2.24) is 15.6 Å². The van der Waals surface area contributed by atoms with E-state index in [4.69, 9.17) is 10.5 Å². The van der Waals surface area contributed by atoms with Gasteiger partial charge in [0.25, 0.3) is 0 Å². The second kappa shape index (κ2) is 7.52. The van der Waals surface area contributed by atoms with E-state index in [1.54, 1.807) is 0 Å². The summed E-state index contributed by atoms with van der Waals surface area (Å²) in [6, 6.07) is 16.0. The number of piperidine rings is 1. The van der Waals surface area contributed by atoms with E-state index < -0.39 is 0 Å². The first-order valence-electron chi connectivity index (χ1n) is 9.15. The number of hydrogen-bond donors (Lipinski definition) is 3. The molecule has 1 aromatic carbocycles. The van der Waals surface area contributed by atoms with Crippen LogP contribution < -0.4 is 16.4 Å². The Morgan fingerprint density at radius 2 is 1.84 bits per heavy atom. The third kappa shape index (κ3) is 4.18. The van der Waals surface area contributed by atoms with Gasteiger partial charge in [-0.1, -0.05) is 30.3 Å². The first-order chi connectivity index (χ1) is 12.3. The first kappa shape index (κ1) is 16.5. The molecule has 25 heavy (non-hydrogen) atoms. The Morgan fingerprint density at radius 3 is 2.56 bits per heavy atom. The van der Waals surface area contributed by atoms with Gasteiger partial charge in [-0.25, -0.2) is 4.98 Å². The Morgan fingerprint density at radius 1 is 1.08 bits per heavy atom. The van der Waals surface area contributed by atoms with Crippen molar-refractivity contribution in [1.29, 1.82) is 0 Å². The van der Waals surface area contributed by atoms with Gasteiger partial charge in [-0.3, -0.25) is 0 Å². The minimum absolute atomic E-state index is 0.523. The van der Waals surface area contributed by atoms with Gasteiger partial charge >= 0.3 is 0 Å². The summed E-state index contributed by atoms with van der Waals surface area (Å²) in [7, 11) is 0. The summed E-state index contributed by atoms with van der Waals surface area (Å²) >= 11 is 0. The number of ether oxygens (including phenoxy) is 1. The standard InChI is InChI=1S/C20H26N4O/c21-20-3-1-2-19(24-20)15-6-4-14(5-7-15)8-9-22-16-10-17-12-25-13-18(11-16)23-17/h1-7,16-18,22-23H,8-13H2,(H2,21,24). The molecule has 2 aromatic rings. The highest BCUT2D eigenvalue weighted by atomic mass is 16.5. The SMILES string of the molecule is Nc1cccc(-c2ccc(CCNC3CC4COCC(C3)N4)cc2)n1. The number of nitrogens with two attached hydrogens (primary N) is 1. The van der Waals surface area contributed by atoms with Crippen molar-refractivity contribution in [2.24, 2.45) is 0 Å². The smallest absolute Gasteiger partial charge is 0.124 e. The molecule has 0 spiro atoms. The molecule has 4 rings (SSSR count). The fraction of sp³-hybridized carbons (Fsp3) is 0.450. The van der Waals surface area contributed by atoms with Gasteiger partial charge in [0.2, 0.25) is 0 Å². The molecule has 2 unspecified atom stereocenters. The second-order valence-corrected chi connectivity index (χ2v) is 7.12. The molecule has 2 fully saturated rings. The quantitative estimate of drug-likeness (QED) is 0.777. The van der Waals surface area contributed by atoms with Crippen LogP contribution in [-0.4, -0.2) is 42.9 Å². The van der Waals surface area contributed by atoms with Gasteiger partial charge in [0.15, 0.2) is 0 Å². The number of nitrogens with one attached hydrogen (secondary N) is 2. The van der Waals surface area contributed by atoms with Crippen LogP contribution in [0.15, 0.2) is 42.5 Å². The van der Waals surface area contributed by atoms with Gasteiger partial charge in [-0.2, -0.15) is 0 Å². The van der Waals surface area contributed by atoms with E-state index in [9.17, 15) is 0 Å². The molecule has 2 aliphatic heterocycles. The number of rotatable bonds is 5. The van der Waals surface area contributed by atoms with Crippen molar-refractivity contribution in [3.8, 4) is 11.3 Å². The van der Waals surface area contributed by atoms with Crippen LogP contribution in [0.3, 0.4) is 0 Å². The number of pyridine rings is 1. The summed E-state index contributed by atoms with van der Waals surface area (Å²) in [6.45, 7) is 2.73. The molecule has 0 aliphatic carbocycles. The molecule has 2 atom stereocenters. The Balaban J connectivity index is 1.28. The van der Waals surface area contributed by atoms with Gasteiger partial charge in [0.1, 0.15) is 5.82 Å². The van der Waals surface area contributed by atoms with Crippen molar-refractivity contribution in [3.63, 3.8) is 0 Å². The normalized spacial score (nSPS) is 25.7. The van der Waals surface area contributed by atoms with Crippen molar-refractivity contribution in [2.75, 3.05) is 25.5 Å². The third-order valence-electron chi connectivity index (χ3n) is 5.11. The molecular weight excluding hydrogens is 312 g/mol. The van der Waals surface area contributed by atoms with E-state index in [2.05, 4.69) is 39.9 Å². The summed E-state index contributed by atoms with van der Waals surface area (Å²) in [5, 5.41) is 7.36. The summed E-state index contributed by atoms with van der Waals surface area (Å²) in [5.41, 5.74) is 9.14. The topological polar surface area (TPSA) is 72.2 Å². The zero-order valence-electron chi connectivity index (χ0n) is 14.4. The molecule has 5 heteroatoms. The fourth-order valence-electron chi connectivity index (χ4n) is 3.88. The van der Waals surface area contributed by atoms with Crippen LogP contribution in [0, 0.1) is 0 Å². The zero-order chi connectivity index (χ0) is 17.1. The second-order valence-electron chi connectivity index (χ2n) is 7.12. The number of morpholine rings is 1. The molecule has 0 amide bonds. The Bertz CT molecular complexity index is 691. The average Bonchev–Trinajstić information content (AvgIpc) is 2.62. The summed E-state index contributed by atoms with van der Waals surface area (Å²) in [4.78, 5) is 4.37. The highest BCUT2D eigenvalue weighted by Gasteiger charge is 2.31. The van der Waals surface area contributed by atoms with Crippen LogP contribution in [0.2, 0.25) is 0 Å². The van der Waals surface area contributed by atoms with Gasteiger partial charge in [0, 0.05) is 23.7 Å². The maximum atomic E-state index is 5.76. The summed E-state index contributed by atoms with van der Waals surface area (Å²) in [5.74, 6) is 0.558. The number of nitrogen functional groups attached to an aromatic ring is 1. The Kier molecular flexibility index (Phi) is 4.97. The maximum absolute atomic E-state index is 5.76. The van der Waals surface area contributed by atoms with E-state index in [1.807, 2.05) is 18.2 Å². The largest absolute Gasteiger partial charge is 0.384 e. The molecule has 3 heterocycles. The lowest BCUT2D eigenvalue weighted by atomic mass is 9.92. The minimum Gasteiger partial charge on any atom is -0.384 e. The zero-order valence-corrected chi connectivity index (χ0v) is 14.4. The van der Waals surface area contributed by atoms with Crippen LogP contribution in [0.25, 0.3) is 11.3 Å². The lowest BCUT2D eigenvalue weighted by Crippen LogP contribution is -2.58. The average molecular weight is 338 g/mol. The predicted molar refractivity (Wildman–Crippen MR) is 100 cm³/mol. The van der Waals surface area contributed by atoms with Crippen LogP contribution in [0.1, 0.15) is 18.4 Å². The molecule has 2 saturated heterocycles. The van der Waals surface area contributed by atoms with Crippen molar-refractivity contribution in [2.45, 2.75) is 37.4 Å². The fourth-order valence-corrected chi connectivity index (χ4v) is 3.88. The van der Waals surface area contributed by atoms with E-state index in [0.29, 0.717) is 23.9 Å². The third-order valence-corrected chi connectivity index (χ3v) is 5.11. The number of fused-ring (bicyclic) bond motifs is 2. The highest BCUT2D eigenvalue weighted by molar-refractivity contribution is 5.61.